The lowest BCUT2D eigenvalue weighted by molar-refractivity contribution is -0.145. The predicted octanol–water partition coefficient (Wildman–Crippen LogP) is 0.0226. The third-order valence-corrected chi connectivity index (χ3v) is 1.37. The van der Waals surface area contributed by atoms with E-state index in [-0.39, 0.29) is 6.10 Å². The molecule has 1 aliphatic carbocycles. The summed E-state index contributed by atoms with van der Waals surface area (Å²) in [5.74, 6) is -1.75. The smallest absolute Gasteiger partial charge is 0.310 e. The van der Waals surface area contributed by atoms with Gasteiger partial charge in [-0.05, 0) is 0 Å². The second kappa shape index (κ2) is 2.28. The molecule has 0 aliphatic heterocycles. The molecule has 0 aromatic heterocycles. The van der Waals surface area contributed by atoms with Crippen LogP contribution in [0.25, 0.3) is 0 Å². The lowest BCUT2D eigenvalue weighted by Gasteiger charge is -1.95. The molecule has 1 saturated carbocycles. The summed E-state index contributed by atoms with van der Waals surface area (Å²) in [6.45, 7) is 1.28. The summed E-state index contributed by atoms with van der Waals surface area (Å²) in [6.07, 6.45) is 0.101. The largest absolute Gasteiger partial charge is 0.481 e. The Morgan fingerprint density at radius 2 is 2.20 bits per heavy atom. The summed E-state index contributed by atoms with van der Waals surface area (Å²) in [5.41, 5.74) is 0. The van der Waals surface area contributed by atoms with Crippen molar-refractivity contribution in [1.82, 2.24) is 0 Å². The van der Waals surface area contributed by atoms with Gasteiger partial charge in [-0.25, -0.2) is 0 Å². The van der Waals surface area contributed by atoms with Gasteiger partial charge in [0.2, 0.25) is 0 Å². The maximum Gasteiger partial charge on any atom is 0.310 e. The Bertz CT molecular complexity index is 175. The monoisotopic (exact) mass is 144 g/mol. The van der Waals surface area contributed by atoms with E-state index in [1.807, 2.05) is 0 Å². The molecule has 0 bridgehead atoms. The van der Waals surface area contributed by atoms with Gasteiger partial charge in [-0.15, -0.1) is 0 Å². The molecule has 1 aliphatic rings. The van der Waals surface area contributed by atoms with Gasteiger partial charge < -0.3 is 9.84 Å². The summed E-state index contributed by atoms with van der Waals surface area (Å²) in [6, 6.07) is 0. The fourth-order valence-corrected chi connectivity index (χ4v) is 0.775. The minimum absolute atomic E-state index is 0.366. The first-order valence-electron chi connectivity index (χ1n) is 3.01. The predicted molar refractivity (Wildman–Crippen MR) is 31.3 cm³/mol. The number of carbonyl (C=O) groups is 2. The van der Waals surface area contributed by atoms with Gasteiger partial charge in [-0.3, -0.25) is 9.59 Å². The lowest BCUT2D eigenvalue weighted by atomic mass is 10.4. The van der Waals surface area contributed by atoms with Crippen LogP contribution < -0.4 is 0 Å². The molecule has 2 atom stereocenters. The third kappa shape index (κ3) is 1.46. The molecule has 0 saturated heterocycles. The average Bonchev–Trinajstić information content (AvgIpc) is 2.43. The van der Waals surface area contributed by atoms with Crippen LogP contribution in [0.15, 0.2) is 0 Å². The van der Waals surface area contributed by atoms with E-state index >= 15 is 0 Å². The van der Waals surface area contributed by atoms with Gasteiger partial charge in [0.15, 0.2) is 0 Å². The molecule has 10 heavy (non-hydrogen) atoms. The van der Waals surface area contributed by atoms with Crippen molar-refractivity contribution in [2.75, 3.05) is 0 Å². The highest BCUT2D eigenvalue weighted by Gasteiger charge is 2.46. The van der Waals surface area contributed by atoms with Crippen molar-refractivity contribution >= 4 is 11.9 Å². The molecule has 1 fully saturated rings. The molecule has 4 nitrogen and oxygen atoms in total. The van der Waals surface area contributed by atoms with E-state index in [1.54, 1.807) is 0 Å². The Hall–Kier alpha value is -1.06. The van der Waals surface area contributed by atoms with Crippen molar-refractivity contribution < 1.29 is 19.4 Å². The van der Waals surface area contributed by atoms with Crippen molar-refractivity contribution in [3.05, 3.63) is 0 Å². The Morgan fingerprint density at radius 3 is 2.50 bits per heavy atom. The minimum atomic E-state index is -0.883. The van der Waals surface area contributed by atoms with Gasteiger partial charge in [0.05, 0.1) is 5.92 Å². The van der Waals surface area contributed by atoms with E-state index < -0.39 is 17.9 Å². The number of carboxylic acid groups (broad SMARTS) is 1. The molecule has 0 heterocycles. The normalized spacial score (nSPS) is 29.3. The SMILES string of the molecule is CC(=O)O[C@@H]1C[C@H]1C(=O)O. The van der Waals surface area contributed by atoms with Crippen LogP contribution in [0, 0.1) is 5.92 Å². The van der Waals surface area contributed by atoms with Gasteiger partial charge >= 0.3 is 11.9 Å². The van der Waals surface area contributed by atoms with E-state index in [1.165, 1.54) is 6.92 Å². The van der Waals surface area contributed by atoms with Crippen molar-refractivity contribution in [3.8, 4) is 0 Å². The first kappa shape index (κ1) is 7.05. The standard InChI is InChI=1S/C6H8O4/c1-3(7)10-5-2-4(5)6(8)9/h4-5H,2H2,1H3,(H,8,9)/t4-,5-/m1/s1. The van der Waals surface area contributed by atoms with Crippen LogP contribution >= 0.6 is 0 Å². The van der Waals surface area contributed by atoms with Gasteiger partial charge in [0, 0.05) is 13.3 Å². The Labute approximate surface area is 57.8 Å². The summed E-state index contributed by atoms with van der Waals surface area (Å²) >= 11 is 0. The van der Waals surface area contributed by atoms with Crippen molar-refractivity contribution in [2.45, 2.75) is 19.4 Å². The Kier molecular flexibility index (Phi) is 1.61. The highest BCUT2D eigenvalue weighted by molar-refractivity contribution is 5.75. The van der Waals surface area contributed by atoms with Crippen LogP contribution in [-0.4, -0.2) is 23.1 Å². The quantitative estimate of drug-likeness (QED) is 0.555. The second-order valence-electron chi connectivity index (χ2n) is 2.33. The fourth-order valence-electron chi connectivity index (χ4n) is 0.775. The zero-order valence-electron chi connectivity index (χ0n) is 5.53. The maximum atomic E-state index is 10.2. The first-order valence-corrected chi connectivity index (χ1v) is 3.01. The molecule has 1 N–H and O–H groups in total. The molecule has 0 radical (unpaired) electrons. The van der Waals surface area contributed by atoms with Crippen molar-refractivity contribution in [1.29, 1.82) is 0 Å². The molecule has 0 aromatic rings. The van der Waals surface area contributed by atoms with E-state index in [2.05, 4.69) is 4.74 Å². The van der Waals surface area contributed by atoms with Crippen LogP contribution in [0.1, 0.15) is 13.3 Å². The van der Waals surface area contributed by atoms with Crippen LogP contribution in [0.2, 0.25) is 0 Å². The van der Waals surface area contributed by atoms with E-state index in [9.17, 15) is 9.59 Å². The number of hydrogen-bond acceptors (Lipinski definition) is 3. The highest BCUT2D eigenvalue weighted by atomic mass is 16.5. The first-order chi connectivity index (χ1) is 4.61. The third-order valence-electron chi connectivity index (χ3n) is 1.37. The summed E-state index contributed by atoms with van der Waals surface area (Å²) in [7, 11) is 0. The van der Waals surface area contributed by atoms with Crippen molar-refractivity contribution in [3.63, 3.8) is 0 Å². The molecular weight excluding hydrogens is 136 g/mol. The zero-order chi connectivity index (χ0) is 7.72. The van der Waals surface area contributed by atoms with E-state index in [4.69, 9.17) is 5.11 Å². The fraction of sp³-hybridized carbons (Fsp3) is 0.667. The molecule has 4 heteroatoms. The number of ether oxygens (including phenoxy) is 1. The highest BCUT2D eigenvalue weighted by Crippen LogP contribution is 2.33. The number of aliphatic carboxylic acids is 1. The number of carboxylic acids is 1. The Balaban J connectivity index is 2.26. The van der Waals surface area contributed by atoms with Crippen LogP contribution in [0.4, 0.5) is 0 Å². The molecule has 0 amide bonds. The van der Waals surface area contributed by atoms with Gasteiger partial charge in [0.25, 0.3) is 0 Å². The summed E-state index contributed by atoms with van der Waals surface area (Å²) in [4.78, 5) is 20.4. The molecule has 1 rings (SSSR count). The van der Waals surface area contributed by atoms with Gasteiger partial charge in [-0.1, -0.05) is 0 Å². The number of esters is 1. The van der Waals surface area contributed by atoms with Crippen LogP contribution in [0.3, 0.4) is 0 Å². The molecule has 56 valence electrons. The lowest BCUT2D eigenvalue weighted by Crippen LogP contribution is -2.07. The summed E-state index contributed by atoms with van der Waals surface area (Å²) in [5, 5.41) is 8.35. The zero-order valence-corrected chi connectivity index (χ0v) is 5.53. The molecular formula is C6H8O4. The summed E-state index contributed by atoms with van der Waals surface area (Å²) < 4.78 is 4.62. The number of carbonyl (C=O) groups excluding carboxylic acids is 1. The Morgan fingerprint density at radius 1 is 1.60 bits per heavy atom. The van der Waals surface area contributed by atoms with Gasteiger partial charge in [0.1, 0.15) is 6.10 Å². The molecule has 0 unspecified atom stereocenters. The maximum absolute atomic E-state index is 10.2. The topological polar surface area (TPSA) is 63.6 Å². The van der Waals surface area contributed by atoms with Crippen molar-refractivity contribution in [2.24, 2.45) is 5.92 Å². The van der Waals surface area contributed by atoms with Crippen LogP contribution in [-0.2, 0) is 14.3 Å². The molecule has 0 spiro atoms. The number of hydrogen-bond donors (Lipinski definition) is 1. The average molecular weight is 144 g/mol. The molecule has 0 aromatic carbocycles. The number of rotatable bonds is 2. The van der Waals surface area contributed by atoms with Crippen LogP contribution in [0.5, 0.6) is 0 Å². The van der Waals surface area contributed by atoms with Gasteiger partial charge in [-0.2, -0.15) is 0 Å². The van der Waals surface area contributed by atoms with E-state index in [0.29, 0.717) is 6.42 Å². The minimum Gasteiger partial charge on any atom is -0.481 e. The second-order valence-corrected chi connectivity index (χ2v) is 2.33. The van der Waals surface area contributed by atoms with E-state index in [0.717, 1.165) is 0 Å².